The number of aromatic nitrogens is 1. The predicted octanol–water partition coefficient (Wildman–Crippen LogP) is 2.95. The lowest BCUT2D eigenvalue weighted by atomic mass is 10.1. The topological polar surface area (TPSA) is 79.3 Å². The van der Waals surface area contributed by atoms with E-state index >= 15 is 0 Å². The van der Waals surface area contributed by atoms with E-state index in [1.165, 1.54) is 0 Å². The third-order valence-corrected chi connectivity index (χ3v) is 4.44. The van der Waals surface area contributed by atoms with Crippen molar-refractivity contribution < 1.29 is 14.7 Å². The minimum atomic E-state index is -0.992. The van der Waals surface area contributed by atoms with Gasteiger partial charge in [-0.2, -0.15) is 0 Å². The summed E-state index contributed by atoms with van der Waals surface area (Å²) in [7, 11) is 0. The number of carbonyl (C=O) groups is 2. The Morgan fingerprint density at radius 2 is 1.95 bits per heavy atom. The quantitative estimate of drug-likeness (QED) is 0.910. The molecule has 0 saturated heterocycles. The van der Waals surface area contributed by atoms with E-state index in [1.807, 2.05) is 25.1 Å². The second-order valence-corrected chi connectivity index (χ2v) is 5.81. The average Bonchev–Trinajstić information content (AvgIpc) is 2.81. The second kappa shape index (κ2) is 6.05. The fourth-order valence-electron chi connectivity index (χ4n) is 1.96. The summed E-state index contributed by atoms with van der Waals surface area (Å²) >= 11 is 1.09. The normalized spacial score (nSPS) is 12.0. The molecule has 0 spiro atoms. The molecule has 2 N–H and O–H groups in total. The van der Waals surface area contributed by atoms with Crippen LogP contribution in [0.15, 0.2) is 24.3 Å². The Morgan fingerprint density at radius 3 is 2.52 bits per heavy atom. The zero-order valence-electron chi connectivity index (χ0n) is 12.0. The molecule has 0 aliphatic rings. The van der Waals surface area contributed by atoms with Gasteiger partial charge in [-0.15, -0.1) is 11.3 Å². The van der Waals surface area contributed by atoms with Crippen LogP contribution in [-0.2, 0) is 0 Å². The number of aromatic carboxylic acids is 1. The van der Waals surface area contributed by atoms with Crippen molar-refractivity contribution in [2.75, 3.05) is 0 Å². The molecule has 1 unspecified atom stereocenters. The molecule has 1 aromatic carbocycles. The first kappa shape index (κ1) is 15.2. The molecule has 110 valence electrons. The molecule has 0 aliphatic heterocycles. The predicted molar refractivity (Wildman–Crippen MR) is 80.9 cm³/mol. The average molecular weight is 304 g/mol. The van der Waals surface area contributed by atoms with Crippen molar-refractivity contribution in [3.63, 3.8) is 0 Å². The summed E-state index contributed by atoms with van der Waals surface area (Å²) in [5.74, 6) is -1.18. The summed E-state index contributed by atoms with van der Waals surface area (Å²) in [4.78, 5) is 27.7. The van der Waals surface area contributed by atoms with Crippen LogP contribution in [0, 0.1) is 13.8 Å². The van der Waals surface area contributed by atoms with E-state index < -0.39 is 5.97 Å². The molecule has 1 heterocycles. The van der Waals surface area contributed by atoms with Gasteiger partial charge in [0.15, 0.2) is 0 Å². The van der Waals surface area contributed by atoms with E-state index in [1.54, 1.807) is 19.9 Å². The van der Waals surface area contributed by atoms with Crippen LogP contribution in [0.1, 0.15) is 49.3 Å². The van der Waals surface area contributed by atoms with Crippen LogP contribution in [0.3, 0.4) is 0 Å². The van der Waals surface area contributed by atoms with Gasteiger partial charge in [0.2, 0.25) is 0 Å². The fraction of sp³-hybridized carbons (Fsp3) is 0.267. The van der Waals surface area contributed by atoms with Gasteiger partial charge in [0, 0.05) is 5.56 Å². The number of hydrogen-bond donors (Lipinski definition) is 2. The van der Waals surface area contributed by atoms with Crippen molar-refractivity contribution in [3.8, 4) is 0 Å². The highest BCUT2D eigenvalue weighted by Gasteiger charge is 2.20. The largest absolute Gasteiger partial charge is 0.477 e. The van der Waals surface area contributed by atoms with Gasteiger partial charge < -0.3 is 10.4 Å². The van der Waals surface area contributed by atoms with Crippen molar-refractivity contribution in [2.24, 2.45) is 0 Å². The summed E-state index contributed by atoms with van der Waals surface area (Å²) < 4.78 is 0. The number of hydrogen-bond acceptors (Lipinski definition) is 4. The Kier molecular flexibility index (Phi) is 4.37. The number of nitrogens with zero attached hydrogens (tertiary/aromatic N) is 1. The number of nitrogens with one attached hydrogen (secondary N) is 1. The van der Waals surface area contributed by atoms with Crippen molar-refractivity contribution in [1.82, 2.24) is 10.3 Å². The SMILES string of the molecule is Cc1ccccc1C(=O)NC(C)c1nc(C)c(C(=O)O)s1. The number of carboxylic acids is 1. The van der Waals surface area contributed by atoms with Gasteiger partial charge in [0.05, 0.1) is 11.7 Å². The molecule has 0 aliphatic carbocycles. The van der Waals surface area contributed by atoms with E-state index in [4.69, 9.17) is 5.11 Å². The molecule has 5 nitrogen and oxygen atoms in total. The van der Waals surface area contributed by atoms with Crippen LogP contribution in [0.4, 0.5) is 0 Å². The number of carbonyl (C=O) groups excluding carboxylic acids is 1. The molecule has 21 heavy (non-hydrogen) atoms. The van der Waals surface area contributed by atoms with Crippen molar-refractivity contribution in [3.05, 3.63) is 51.0 Å². The monoisotopic (exact) mass is 304 g/mol. The number of aryl methyl sites for hydroxylation is 2. The van der Waals surface area contributed by atoms with Crippen LogP contribution in [-0.4, -0.2) is 22.0 Å². The molecule has 1 amide bonds. The van der Waals surface area contributed by atoms with Gasteiger partial charge in [-0.1, -0.05) is 18.2 Å². The van der Waals surface area contributed by atoms with Gasteiger partial charge in [-0.3, -0.25) is 4.79 Å². The third-order valence-electron chi connectivity index (χ3n) is 3.12. The summed E-state index contributed by atoms with van der Waals surface area (Å²) in [5, 5.41) is 12.5. The Bertz CT molecular complexity index is 694. The summed E-state index contributed by atoms with van der Waals surface area (Å²) in [6.45, 7) is 5.31. The Balaban J connectivity index is 2.16. The first-order valence-electron chi connectivity index (χ1n) is 6.47. The van der Waals surface area contributed by atoms with Crippen molar-refractivity contribution in [1.29, 1.82) is 0 Å². The summed E-state index contributed by atoms with van der Waals surface area (Å²) in [6.07, 6.45) is 0. The van der Waals surface area contributed by atoms with Gasteiger partial charge in [-0.05, 0) is 32.4 Å². The third kappa shape index (κ3) is 3.28. The van der Waals surface area contributed by atoms with Crippen molar-refractivity contribution >= 4 is 23.2 Å². The molecule has 0 bridgehead atoms. The van der Waals surface area contributed by atoms with Gasteiger partial charge in [0.25, 0.3) is 5.91 Å². The summed E-state index contributed by atoms with van der Waals surface area (Å²) in [6, 6.07) is 6.97. The summed E-state index contributed by atoms with van der Waals surface area (Å²) in [5.41, 5.74) is 1.97. The van der Waals surface area contributed by atoms with E-state index in [-0.39, 0.29) is 16.8 Å². The minimum absolute atomic E-state index is 0.190. The number of thiazole rings is 1. The maximum Gasteiger partial charge on any atom is 0.347 e. The Hall–Kier alpha value is -2.21. The molecule has 2 rings (SSSR count). The van der Waals surface area contributed by atoms with E-state index in [0.717, 1.165) is 16.9 Å². The Morgan fingerprint density at radius 1 is 1.29 bits per heavy atom. The highest BCUT2D eigenvalue weighted by molar-refractivity contribution is 7.13. The van der Waals surface area contributed by atoms with Crippen LogP contribution < -0.4 is 5.32 Å². The molecular weight excluding hydrogens is 288 g/mol. The van der Waals surface area contributed by atoms with E-state index in [9.17, 15) is 9.59 Å². The van der Waals surface area contributed by atoms with Crippen LogP contribution >= 0.6 is 11.3 Å². The lowest BCUT2D eigenvalue weighted by molar-refractivity contribution is 0.0701. The molecule has 2 aromatic rings. The highest BCUT2D eigenvalue weighted by Crippen LogP contribution is 2.24. The molecular formula is C15H16N2O3S. The number of rotatable bonds is 4. The van der Waals surface area contributed by atoms with E-state index in [2.05, 4.69) is 10.3 Å². The maximum absolute atomic E-state index is 12.2. The van der Waals surface area contributed by atoms with Gasteiger partial charge >= 0.3 is 5.97 Å². The van der Waals surface area contributed by atoms with Crippen LogP contribution in [0.25, 0.3) is 0 Å². The zero-order valence-corrected chi connectivity index (χ0v) is 12.8. The second-order valence-electron chi connectivity index (χ2n) is 4.78. The smallest absolute Gasteiger partial charge is 0.347 e. The van der Waals surface area contributed by atoms with Crippen LogP contribution in [0.2, 0.25) is 0 Å². The molecule has 0 fully saturated rings. The van der Waals surface area contributed by atoms with Crippen LogP contribution in [0.5, 0.6) is 0 Å². The lowest BCUT2D eigenvalue weighted by Crippen LogP contribution is -2.27. The first-order chi connectivity index (χ1) is 9.90. The fourth-order valence-corrected chi connectivity index (χ4v) is 2.87. The lowest BCUT2D eigenvalue weighted by Gasteiger charge is -2.12. The molecule has 0 radical (unpaired) electrons. The standard InChI is InChI=1S/C15H16N2O3S/c1-8-6-4-5-7-11(8)13(18)16-10(3)14-17-9(2)12(21-14)15(19)20/h4-7,10H,1-3H3,(H,16,18)(H,19,20). The molecule has 0 saturated carbocycles. The Labute approximate surface area is 126 Å². The maximum atomic E-state index is 12.2. The van der Waals surface area contributed by atoms with Gasteiger partial charge in [-0.25, -0.2) is 9.78 Å². The number of carboxylic acid groups (broad SMARTS) is 1. The molecule has 1 aromatic heterocycles. The molecule has 6 heteroatoms. The molecule has 1 atom stereocenters. The van der Waals surface area contributed by atoms with Crippen molar-refractivity contribution in [2.45, 2.75) is 26.8 Å². The van der Waals surface area contributed by atoms with Gasteiger partial charge in [0.1, 0.15) is 9.88 Å². The zero-order chi connectivity index (χ0) is 15.6. The highest BCUT2D eigenvalue weighted by atomic mass is 32.1. The first-order valence-corrected chi connectivity index (χ1v) is 7.29. The minimum Gasteiger partial charge on any atom is -0.477 e. The van der Waals surface area contributed by atoms with E-state index in [0.29, 0.717) is 16.3 Å². The number of amides is 1. The number of benzene rings is 1.